The zero-order chi connectivity index (χ0) is 13.7. The Morgan fingerprint density at radius 1 is 1.11 bits per heavy atom. The Morgan fingerprint density at radius 2 is 1.68 bits per heavy atom. The molecular formula is C8H4Cl2KN2O5S. The molecule has 0 aliphatic carbocycles. The van der Waals surface area contributed by atoms with Crippen LogP contribution in [0.3, 0.4) is 0 Å². The second-order valence-corrected chi connectivity index (χ2v) is 5.40. The molecule has 0 saturated heterocycles. The zero-order valence-corrected chi connectivity index (χ0v) is 14.8. The van der Waals surface area contributed by atoms with Gasteiger partial charge in [0.15, 0.2) is 0 Å². The molecule has 0 saturated carbocycles. The molecule has 11 heteroatoms. The largest absolute Gasteiger partial charge is 0.361 e. The zero-order valence-electron chi connectivity index (χ0n) is 9.37. The van der Waals surface area contributed by atoms with E-state index in [-0.39, 0.29) is 66.4 Å². The summed E-state index contributed by atoms with van der Waals surface area (Å²) in [6.07, 6.45) is 0. The van der Waals surface area contributed by atoms with Gasteiger partial charge in [0.2, 0.25) is 0 Å². The fourth-order valence-electron chi connectivity index (χ4n) is 1.39. The fourth-order valence-corrected chi connectivity index (χ4v) is 2.33. The minimum Gasteiger partial charge on any atom is -0.282 e. The molecule has 0 bridgehead atoms. The van der Waals surface area contributed by atoms with E-state index in [9.17, 15) is 18.0 Å². The molecule has 7 nitrogen and oxygen atoms in total. The van der Waals surface area contributed by atoms with Crippen molar-refractivity contribution in [2.75, 3.05) is 0 Å². The molecule has 0 aliphatic heterocycles. The van der Waals surface area contributed by atoms with Gasteiger partial charge in [0.25, 0.3) is 15.7 Å². The van der Waals surface area contributed by atoms with Gasteiger partial charge in [-0.3, -0.25) is 9.35 Å². The molecule has 2 rings (SSSR count). The van der Waals surface area contributed by atoms with Gasteiger partial charge in [-0.2, -0.15) is 12.5 Å². The molecule has 0 fully saturated rings. The Balaban J connectivity index is 0.00000180. The molecule has 0 atom stereocenters. The van der Waals surface area contributed by atoms with Gasteiger partial charge in [0.05, 0.1) is 15.8 Å². The summed E-state index contributed by atoms with van der Waals surface area (Å²) in [6, 6.07) is 3.00. The van der Waals surface area contributed by atoms with E-state index < -0.39 is 26.3 Å². The van der Waals surface area contributed by atoms with Crippen LogP contribution in [0.4, 0.5) is 0 Å². The molecular weight excluding hydrogens is 346 g/mol. The average molecular weight is 350 g/mol. The van der Waals surface area contributed by atoms with Crippen molar-refractivity contribution >= 4 is 96.0 Å². The third kappa shape index (κ3) is 3.14. The molecule has 1 radical (unpaired) electrons. The molecule has 1 aromatic carbocycles. The SMILES string of the molecule is O=c1c2cc(S(=O)(=O)O)ccc2n(Cl)c(=O)n1Cl.[K]. The van der Waals surface area contributed by atoms with E-state index in [1.165, 1.54) is 0 Å². The van der Waals surface area contributed by atoms with Crippen LogP contribution in [0.15, 0.2) is 32.7 Å². The third-order valence-corrected chi connectivity index (χ3v) is 3.70. The maximum Gasteiger partial charge on any atom is 0.361 e. The maximum atomic E-state index is 11.7. The Labute approximate surface area is 159 Å². The van der Waals surface area contributed by atoms with Crippen LogP contribution in [0.25, 0.3) is 10.9 Å². The standard InChI is InChI=1S/C8H4Cl2N2O5S.K/c9-11-6-2-1-4(18(15,16)17)3-5(6)7(13)12(10)8(11)14;/h1-3H,(H,15,16,17);. The van der Waals surface area contributed by atoms with Crippen LogP contribution in [-0.4, -0.2) is 72.5 Å². The molecule has 1 aromatic heterocycles. The molecule has 1 heterocycles. The number of hydrogen-bond donors (Lipinski definition) is 1. The summed E-state index contributed by atoms with van der Waals surface area (Å²) >= 11 is 11.0. The smallest absolute Gasteiger partial charge is 0.282 e. The summed E-state index contributed by atoms with van der Waals surface area (Å²) in [7, 11) is -4.47. The first-order valence-corrected chi connectivity index (χ1v) is 6.46. The van der Waals surface area contributed by atoms with Crippen LogP contribution in [-0.2, 0) is 10.1 Å². The van der Waals surface area contributed by atoms with E-state index in [0.717, 1.165) is 18.2 Å². The van der Waals surface area contributed by atoms with Crippen molar-refractivity contribution in [3.8, 4) is 0 Å². The number of aromatic nitrogens is 2. The normalized spacial score (nSPS) is 11.3. The summed E-state index contributed by atoms with van der Waals surface area (Å²) in [4.78, 5) is 22.5. The topological polar surface area (TPSA) is 98.4 Å². The minimum absolute atomic E-state index is 0. The maximum absolute atomic E-state index is 11.7. The first-order valence-electron chi connectivity index (χ1n) is 4.35. The molecule has 0 aliphatic rings. The second-order valence-electron chi connectivity index (χ2n) is 3.30. The number of halogens is 2. The van der Waals surface area contributed by atoms with Crippen molar-refractivity contribution in [2.24, 2.45) is 0 Å². The Bertz CT molecular complexity index is 873. The molecule has 19 heavy (non-hydrogen) atoms. The van der Waals surface area contributed by atoms with Crippen LogP contribution in [0.1, 0.15) is 0 Å². The van der Waals surface area contributed by atoms with E-state index in [1.54, 1.807) is 0 Å². The summed E-state index contributed by atoms with van der Waals surface area (Å²) in [5, 5.41) is -0.213. The second kappa shape index (κ2) is 5.96. The summed E-state index contributed by atoms with van der Waals surface area (Å²) in [6.45, 7) is 0. The quantitative estimate of drug-likeness (QED) is 0.578. The van der Waals surface area contributed by atoms with Crippen LogP contribution in [0.5, 0.6) is 0 Å². The Hall–Kier alpha value is 0.286. The monoisotopic (exact) mass is 349 g/mol. The molecule has 97 valence electrons. The van der Waals surface area contributed by atoms with E-state index in [4.69, 9.17) is 28.1 Å². The summed E-state index contributed by atoms with van der Waals surface area (Å²) in [5.41, 5.74) is -1.93. The first kappa shape index (κ1) is 17.3. The van der Waals surface area contributed by atoms with E-state index in [2.05, 4.69) is 0 Å². The number of nitrogens with zero attached hydrogens (tertiary/aromatic N) is 2. The first-order chi connectivity index (χ1) is 8.23. The summed E-state index contributed by atoms with van der Waals surface area (Å²) in [5.74, 6) is 0. The predicted molar refractivity (Wildman–Crippen MR) is 70.5 cm³/mol. The predicted octanol–water partition coefficient (Wildman–Crippen LogP) is 0.0329. The van der Waals surface area contributed by atoms with Gasteiger partial charge in [-0.25, -0.2) is 8.88 Å². The van der Waals surface area contributed by atoms with Gasteiger partial charge in [-0.05, 0) is 18.2 Å². The van der Waals surface area contributed by atoms with Crippen molar-refractivity contribution in [1.29, 1.82) is 0 Å². The number of fused-ring (bicyclic) bond motifs is 1. The van der Waals surface area contributed by atoms with E-state index >= 15 is 0 Å². The van der Waals surface area contributed by atoms with Gasteiger partial charge in [0, 0.05) is 74.9 Å². The van der Waals surface area contributed by atoms with Crippen molar-refractivity contribution in [2.45, 2.75) is 4.90 Å². The van der Waals surface area contributed by atoms with Gasteiger partial charge in [-0.15, -0.1) is 0 Å². The Morgan fingerprint density at radius 3 is 2.21 bits per heavy atom. The minimum atomic E-state index is -4.47. The number of hydrogen-bond acceptors (Lipinski definition) is 4. The van der Waals surface area contributed by atoms with Gasteiger partial charge >= 0.3 is 5.69 Å². The third-order valence-electron chi connectivity index (χ3n) is 2.22. The fraction of sp³-hybridized carbons (Fsp3) is 0. The molecule has 1 N–H and O–H groups in total. The van der Waals surface area contributed by atoms with Gasteiger partial charge < -0.3 is 0 Å². The van der Waals surface area contributed by atoms with Crippen molar-refractivity contribution in [3.63, 3.8) is 0 Å². The average Bonchev–Trinajstić information content (AvgIpc) is 2.32. The van der Waals surface area contributed by atoms with Crippen molar-refractivity contribution in [1.82, 2.24) is 8.17 Å². The molecule has 0 unspecified atom stereocenters. The summed E-state index contributed by atoms with van der Waals surface area (Å²) < 4.78 is 31.5. The van der Waals surface area contributed by atoms with Crippen LogP contribution < -0.4 is 11.2 Å². The number of benzene rings is 1. The molecule has 0 spiro atoms. The van der Waals surface area contributed by atoms with Crippen molar-refractivity contribution < 1.29 is 13.0 Å². The van der Waals surface area contributed by atoms with Gasteiger partial charge in [-0.1, -0.05) is 0 Å². The Kier molecular flexibility index (Phi) is 5.44. The van der Waals surface area contributed by atoms with E-state index in [1.807, 2.05) is 0 Å². The molecule has 0 amide bonds. The molecule has 2 aromatic rings. The van der Waals surface area contributed by atoms with Crippen LogP contribution >= 0.6 is 23.6 Å². The number of rotatable bonds is 1. The van der Waals surface area contributed by atoms with Gasteiger partial charge in [0.1, 0.15) is 0 Å². The van der Waals surface area contributed by atoms with Crippen LogP contribution in [0.2, 0.25) is 0 Å². The van der Waals surface area contributed by atoms with E-state index in [0.29, 0.717) is 4.09 Å². The van der Waals surface area contributed by atoms with Crippen LogP contribution in [0, 0.1) is 0 Å². The van der Waals surface area contributed by atoms with Crippen molar-refractivity contribution in [3.05, 3.63) is 39.0 Å².